The molecule has 0 spiro atoms. The third-order valence-corrected chi connectivity index (χ3v) is 3.51. The maximum atomic E-state index is 13.2. The first-order valence-corrected chi connectivity index (χ1v) is 6.89. The number of thiophene rings is 1. The molecular formula is C14H13FN2O2S. The standard InChI is InChI=1S/C14H13FN2O2S/c1-2-11(10-8-9(15)5-6-12(10)18)16-17-14(19)13-4-3-7-20-13/h3-8,18H,2H2,1H3,(H,17,19)/b16-11+. The summed E-state index contributed by atoms with van der Waals surface area (Å²) in [4.78, 5) is 12.3. The molecule has 2 aromatic rings. The van der Waals surface area contributed by atoms with Gasteiger partial charge in [-0.05, 0) is 36.1 Å². The molecule has 4 nitrogen and oxygen atoms in total. The molecule has 1 amide bonds. The second-order valence-corrected chi connectivity index (χ2v) is 4.94. The molecule has 0 unspecified atom stereocenters. The number of phenols is 1. The van der Waals surface area contributed by atoms with Crippen molar-refractivity contribution in [2.24, 2.45) is 5.10 Å². The first-order valence-electron chi connectivity index (χ1n) is 6.01. The van der Waals surface area contributed by atoms with Gasteiger partial charge in [-0.15, -0.1) is 11.3 Å². The van der Waals surface area contributed by atoms with Crippen LogP contribution < -0.4 is 5.43 Å². The smallest absolute Gasteiger partial charge is 0.281 e. The Hall–Kier alpha value is -2.21. The molecule has 0 atom stereocenters. The predicted octanol–water partition coefficient (Wildman–Crippen LogP) is 3.14. The number of halogens is 1. The van der Waals surface area contributed by atoms with Crippen LogP contribution in [0.15, 0.2) is 40.8 Å². The number of benzene rings is 1. The molecule has 1 aromatic carbocycles. The molecule has 2 rings (SSSR count). The number of hydrogen-bond acceptors (Lipinski definition) is 4. The molecular weight excluding hydrogens is 279 g/mol. The molecule has 0 aliphatic rings. The Labute approximate surface area is 119 Å². The number of nitrogens with one attached hydrogen (secondary N) is 1. The summed E-state index contributed by atoms with van der Waals surface area (Å²) in [5.41, 5.74) is 3.09. The molecule has 104 valence electrons. The van der Waals surface area contributed by atoms with Crippen molar-refractivity contribution < 1.29 is 14.3 Å². The molecule has 0 saturated heterocycles. The summed E-state index contributed by atoms with van der Waals surface area (Å²) >= 11 is 1.30. The lowest BCUT2D eigenvalue weighted by molar-refractivity contribution is 0.0959. The highest BCUT2D eigenvalue weighted by atomic mass is 32.1. The number of amides is 1. The summed E-state index contributed by atoms with van der Waals surface area (Å²) in [7, 11) is 0. The van der Waals surface area contributed by atoms with Crippen LogP contribution in [0.5, 0.6) is 5.75 Å². The number of aromatic hydroxyl groups is 1. The Morgan fingerprint density at radius 2 is 2.25 bits per heavy atom. The largest absolute Gasteiger partial charge is 0.507 e. The Morgan fingerprint density at radius 1 is 1.45 bits per heavy atom. The summed E-state index contributed by atoms with van der Waals surface area (Å²) < 4.78 is 13.2. The van der Waals surface area contributed by atoms with Crippen LogP contribution >= 0.6 is 11.3 Å². The fourth-order valence-electron chi connectivity index (χ4n) is 1.65. The van der Waals surface area contributed by atoms with E-state index in [1.165, 1.54) is 23.5 Å². The van der Waals surface area contributed by atoms with Gasteiger partial charge in [0.05, 0.1) is 10.6 Å². The molecule has 0 saturated carbocycles. The number of rotatable bonds is 4. The van der Waals surface area contributed by atoms with Crippen LogP contribution in [0.25, 0.3) is 0 Å². The van der Waals surface area contributed by atoms with Crippen molar-refractivity contribution in [1.29, 1.82) is 0 Å². The molecule has 6 heteroatoms. The normalized spacial score (nSPS) is 11.4. The third-order valence-electron chi connectivity index (χ3n) is 2.64. The van der Waals surface area contributed by atoms with E-state index < -0.39 is 5.82 Å². The third kappa shape index (κ3) is 3.21. The highest BCUT2D eigenvalue weighted by Gasteiger charge is 2.10. The van der Waals surface area contributed by atoms with Gasteiger partial charge in [0, 0.05) is 5.56 Å². The summed E-state index contributed by atoms with van der Waals surface area (Å²) in [6, 6.07) is 7.06. The fourth-order valence-corrected chi connectivity index (χ4v) is 2.26. The highest BCUT2D eigenvalue weighted by molar-refractivity contribution is 7.12. The average molecular weight is 292 g/mol. The minimum Gasteiger partial charge on any atom is -0.507 e. The number of hydrazone groups is 1. The monoisotopic (exact) mass is 292 g/mol. The SMILES string of the molecule is CC/C(=N\NC(=O)c1cccs1)c1cc(F)ccc1O. The first kappa shape index (κ1) is 14.2. The van der Waals surface area contributed by atoms with Gasteiger partial charge in [-0.2, -0.15) is 5.10 Å². The van der Waals surface area contributed by atoms with Gasteiger partial charge >= 0.3 is 0 Å². The molecule has 0 radical (unpaired) electrons. The van der Waals surface area contributed by atoms with Gasteiger partial charge in [-0.1, -0.05) is 13.0 Å². The van der Waals surface area contributed by atoms with Gasteiger partial charge in [-0.25, -0.2) is 9.82 Å². The van der Waals surface area contributed by atoms with Gasteiger partial charge in [-0.3, -0.25) is 4.79 Å². The van der Waals surface area contributed by atoms with Crippen LogP contribution in [0, 0.1) is 5.82 Å². The van der Waals surface area contributed by atoms with E-state index in [0.717, 1.165) is 6.07 Å². The van der Waals surface area contributed by atoms with E-state index in [1.807, 2.05) is 0 Å². The van der Waals surface area contributed by atoms with Gasteiger partial charge < -0.3 is 5.11 Å². The minimum absolute atomic E-state index is 0.0719. The maximum Gasteiger partial charge on any atom is 0.281 e. The summed E-state index contributed by atoms with van der Waals surface area (Å²) in [6.07, 6.45) is 0.446. The van der Waals surface area contributed by atoms with Gasteiger partial charge in [0.15, 0.2) is 0 Å². The van der Waals surface area contributed by atoms with Gasteiger partial charge in [0.2, 0.25) is 0 Å². The average Bonchev–Trinajstić information content (AvgIpc) is 2.97. The molecule has 2 N–H and O–H groups in total. The van der Waals surface area contributed by atoms with Gasteiger partial charge in [0.1, 0.15) is 11.6 Å². The van der Waals surface area contributed by atoms with Crippen LogP contribution in [0.4, 0.5) is 4.39 Å². The van der Waals surface area contributed by atoms with Crippen LogP contribution in [-0.2, 0) is 0 Å². The molecule has 0 bridgehead atoms. The van der Waals surface area contributed by atoms with E-state index in [4.69, 9.17) is 0 Å². The summed E-state index contributed by atoms with van der Waals surface area (Å²) in [6.45, 7) is 1.81. The Kier molecular flexibility index (Phi) is 4.47. The lowest BCUT2D eigenvalue weighted by Gasteiger charge is -2.07. The van der Waals surface area contributed by atoms with Crippen LogP contribution in [0.1, 0.15) is 28.6 Å². The molecule has 1 aromatic heterocycles. The Balaban J connectivity index is 2.21. The fraction of sp³-hybridized carbons (Fsp3) is 0.143. The lowest BCUT2D eigenvalue weighted by Crippen LogP contribution is -2.19. The van der Waals surface area contributed by atoms with E-state index in [0.29, 0.717) is 17.0 Å². The molecule has 20 heavy (non-hydrogen) atoms. The molecule has 0 aliphatic carbocycles. The zero-order valence-electron chi connectivity index (χ0n) is 10.8. The van der Waals surface area contributed by atoms with Crippen LogP contribution in [0.3, 0.4) is 0 Å². The van der Waals surface area contributed by atoms with E-state index in [1.54, 1.807) is 24.4 Å². The summed E-state index contributed by atoms with van der Waals surface area (Å²) in [5.74, 6) is -0.872. The Morgan fingerprint density at radius 3 is 2.90 bits per heavy atom. The van der Waals surface area contributed by atoms with E-state index in [9.17, 15) is 14.3 Å². The van der Waals surface area contributed by atoms with Crippen molar-refractivity contribution in [3.05, 3.63) is 52.0 Å². The van der Waals surface area contributed by atoms with Crippen LogP contribution in [-0.4, -0.2) is 16.7 Å². The number of hydrogen-bond donors (Lipinski definition) is 2. The zero-order chi connectivity index (χ0) is 14.5. The number of carbonyl (C=O) groups excluding carboxylic acids is 1. The highest BCUT2D eigenvalue weighted by Crippen LogP contribution is 2.20. The van der Waals surface area contributed by atoms with Crippen LogP contribution in [0.2, 0.25) is 0 Å². The first-order chi connectivity index (χ1) is 9.61. The Bertz CT molecular complexity index is 639. The lowest BCUT2D eigenvalue weighted by atomic mass is 10.1. The van der Waals surface area contributed by atoms with E-state index in [-0.39, 0.29) is 17.2 Å². The minimum atomic E-state index is -0.469. The predicted molar refractivity (Wildman–Crippen MR) is 76.7 cm³/mol. The van der Waals surface area contributed by atoms with Crippen molar-refractivity contribution in [2.45, 2.75) is 13.3 Å². The van der Waals surface area contributed by atoms with E-state index in [2.05, 4.69) is 10.5 Å². The van der Waals surface area contributed by atoms with E-state index >= 15 is 0 Å². The van der Waals surface area contributed by atoms with Crippen molar-refractivity contribution in [1.82, 2.24) is 5.43 Å². The second-order valence-electron chi connectivity index (χ2n) is 3.99. The molecule has 1 heterocycles. The van der Waals surface area contributed by atoms with Crippen molar-refractivity contribution in [2.75, 3.05) is 0 Å². The molecule has 0 aliphatic heterocycles. The quantitative estimate of drug-likeness (QED) is 0.671. The number of phenolic OH excluding ortho intramolecular Hbond substituents is 1. The number of nitrogens with zero attached hydrogens (tertiary/aromatic N) is 1. The summed E-state index contributed by atoms with van der Waals surface area (Å²) in [5, 5.41) is 15.5. The van der Waals surface area contributed by atoms with Gasteiger partial charge in [0.25, 0.3) is 5.91 Å². The van der Waals surface area contributed by atoms with Crippen molar-refractivity contribution in [3.8, 4) is 5.75 Å². The molecule has 0 fully saturated rings. The van der Waals surface area contributed by atoms with Crippen molar-refractivity contribution >= 4 is 23.0 Å². The topological polar surface area (TPSA) is 61.7 Å². The zero-order valence-corrected chi connectivity index (χ0v) is 11.6. The number of carbonyl (C=O) groups is 1. The van der Waals surface area contributed by atoms with Crippen molar-refractivity contribution in [3.63, 3.8) is 0 Å². The maximum absolute atomic E-state index is 13.2. The second kappa shape index (κ2) is 6.29.